The van der Waals surface area contributed by atoms with Gasteiger partial charge in [-0.05, 0) is 20.8 Å². The molecule has 2 saturated heterocycles. The Labute approximate surface area is 158 Å². The highest BCUT2D eigenvalue weighted by Crippen LogP contribution is 2.53. The van der Waals surface area contributed by atoms with E-state index in [-0.39, 0.29) is 30.0 Å². The average Bonchev–Trinajstić information content (AvgIpc) is 3.34. The third-order valence-electron chi connectivity index (χ3n) is 5.77. The van der Waals surface area contributed by atoms with Crippen molar-refractivity contribution in [2.24, 2.45) is 11.8 Å². The van der Waals surface area contributed by atoms with Gasteiger partial charge in [0.25, 0.3) is 0 Å². The summed E-state index contributed by atoms with van der Waals surface area (Å²) in [5.74, 6) is -0.124. The van der Waals surface area contributed by atoms with Crippen LogP contribution < -0.4 is 0 Å². The van der Waals surface area contributed by atoms with Crippen LogP contribution in [0.15, 0.2) is 16.7 Å². The lowest BCUT2D eigenvalue weighted by molar-refractivity contribution is -0.144. The molecule has 27 heavy (non-hydrogen) atoms. The van der Waals surface area contributed by atoms with Crippen molar-refractivity contribution in [2.75, 3.05) is 13.6 Å². The van der Waals surface area contributed by atoms with E-state index in [0.29, 0.717) is 24.7 Å². The van der Waals surface area contributed by atoms with Crippen LogP contribution in [0.3, 0.4) is 0 Å². The second kappa shape index (κ2) is 5.89. The van der Waals surface area contributed by atoms with Crippen molar-refractivity contribution in [3.05, 3.63) is 23.9 Å². The number of ether oxygens (including phenoxy) is 1. The molecule has 1 spiro atoms. The molecular weight excluding hydrogens is 348 g/mol. The molecule has 2 amide bonds. The van der Waals surface area contributed by atoms with Gasteiger partial charge in [-0.3, -0.25) is 9.59 Å². The predicted octanol–water partition coefficient (Wildman–Crippen LogP) is 1.17. The number of fused-ring (bicyclic) bond motifs is 1. The number of amides is 2. The third-order valence-corrected chi connectivity index (χ3v) is 5.77. The molecule has 3 aliphatic heterocycles. The van der Waals surface area contributed by atoms with Crippen LogP contribution in [0.25, 0.3) is 0 Å². The molecule has 0 N–H and O–H groups in total. The molecule has 0 aliphatic carbocycles. The number of carbonyl (C=O) groups excluding carboxylic acids is 2. The topological polar surface area (TPSA) is 88.8 Å². The monoisotopic (exact) mass is 374 g/mol. The number of aryl methyl sites for hydroxylation is 1. The fraction of sp³-hybridized carbons (Fsp3) is 0.684. The molecule has 0 saturated carbocycles. The molecule has 3 aliphatic rings. The van der Waals surface area contributed by atoms with Gasteiger partial charge in [-0.15, -0.1) is 0 Å². The van der Waals surface area contributed by atoms with Gasteiger partial charge < -0.3 is 19.1 Å². The van der Waals surface area contributed by atoms with Gasteiger partial charge in [-0.1, -0.05) is 24.2 Å². The minimum absolute atomic E-state index is 0.00726. The minimum atomic E-state index is -0.684. The Hall–Kier alpha value is -2.22. The summed E-state index contributed by atoms with van der Waals surface area (Å²) < 4.78 is 11.4. The zero-order chi connectivity index (χ0) is 19.6. The third kappa shape index (κ3) is 2.69. The first kappa shape index (κ1) is 18.2. The van der Waals surface area contributed by atoms with E-state index in [1.54, 1.807) is 11.9 Å². The molecular formula is C19H26N4O4. The normalized spacial score (nSPS) is 31.7. The second-order valence-corrected chi connectivity index (χ2v) is 8.65. The van der Waals surface area contributed by atoms with Gasteiger partial charge in [0, 0.05) is 19.0 Å². The number of rotatable bonds is 4. The van der Waals surface area contributed by atoms with Crippen LogP contribution in [-0.2, 0) is 27.3 Å². The average molecular weight is 374 g/mol. The van der Waals surface area contributed by atoms with Crippen molar-refractivity contribution in [1.82, 2.24) is 19.9 Å². The fourth-order valence-corrected chi connectivity index (χ4v) is 4.38. The van der Waals surface area contributed by atoms with Gasteiger partial charge in [0.15, 0.2) is 5.82 Å². The van der Waals surface area contributed by atoms with E-state index < -0.39 is 17.4 Å². The Bertz CT molecular complexity index is 811. The van der Waals surface area contributed by atoms with Crippen LogP contribution >= 0.6 is 0 Å². The van der Waals surface area contributed by atoms with Gasteiger partial charge in [0.1, 0.15) is 5.60 Å². The number of carbonyl (C=O) groups is 2. The summed E-state index contributed by atoms with van der Waals surface area (Å²) >= 11 is 0. The Kier molecular flexibility index (Phi) is 3.96. The maximum Gasteiger partial charge on any atom is 0.246 e. The first-order valence-electron chi connectivity index (χ1n) is 9.41. The molecule has 8 nitrogen and oxygen atoms in total. The van der Waals surface area contributed by atoms with E-state index in [1.165, 1.54) is 0 Å². The number of hydrogen-bond acceptors (Lipinski definition) is 6. The van der Waals surface area contributed by atoms with Gasteiger partial charge in [-0.2, -0.15) is 4.98 Å². The van der Waals surface area contributed by atoms with Crippen molar-refractivity contribution < 1.29 is 18.8 Å². The maximum absolute atomic E-state index is 13.2. The van der Waals surface area contributed by atoms with Crippen LogP contribution in [0.2, 0.25) is 0 Å². The number of aromatic nitrogens is 2. The summed E-state index contributed by atoms with van der Waals surface area (Å²) in [7, 11) is 1.70. The summed E-state index contributed by atoms with van der Waals surface area (Å²) in [6.45, 7) is 8.65. The molecule has 0 aromatic carbocycles. The predicted molar refractivity (Wildman–Crippen MR) is 95.3 cm³/mol. The zero-order valence-corrected chi connectivity index (χ0v) is 16.4. The molecule has 2 bridgehead atoms. The minimum Gasteiger partial charge on any atom is -0.360 e. The van der Waals surface area contributed by atoms with E-state index in [4.69, 9.17) is 9.26 Å². The molecule has 1 aromatic heterocycles. The van der Waals surface area contributed by atoms with Crippen molar-refractivity contribution in [1.29, 1.82) is 0 Å². The van der Waals surface area contributed by atoms with E-state index in [9.17, 15) is 9.59 Å². The van der Waals surface area contributed by atoms with Crippen molar-refractivity contribution in [3.8, 4) is 0 Å². The maximum atomic E-state index is 13.2. The van der Waals surface area contributed by atoms with Crippen LogP contribution in [0, 0.1) is 11.8 Å². The Morgan fingerprint density at radius 1 is 1.44 bits per heavy atom. The van der Waals surface area contributed by atoms with Crippen LogP contribution in [-0.4, -0.2) is 62.6 Å². The standard InChI is InChI=1S/C19H26N4O4/c1-6-12-20-13(27-21-12)9-22(5)16(24)14-11-7-8-19(26-11)10-23(18(2,3)4)17(25)15(14)19/h7-8,11,14-15H,6,9-10H2,1-5H3/t11-,14?,15?,19-/m0/s1. The SMILES string of the molecule is CCc1noc(CN(C)C(=O)C2C3C(=O)N(C(C)(C)C)C[C@@]34C=C[C@@H]2O4)n1. The first-order valence-corrected chi connectivity index (χ1v) is 9.41. The van der Waals surface area contributed by atoms with Crippen molar-refractivity contribution in [2.45, 2.75) is 57.9 Å². The second-order valence-electron chi connectivity index (χ2n) is 8.65. The van der Waals surface area contributed by atoms with Gasteiger partial charge in [0.2, 0.25) is 17.7 Å². The van der Waals surface area contributed by atoms with E-state index >= 15 is 0 Å². The molecule has 4 heterocycles. The fourth-order valence-electron chi connectivity index (χ4n) is 4.38. The molecule has 4 atom stereocenters. The van der Waals surface area contributed by atoms with E-state index in [0.717, 1.165) is 0 Å². The molecule has 0 radical (unpaired) electrons. The first-order chi connectivity index (χ1) is 12.7. The quantitative estimate of drug-likeness (QED) is 0.735. The van der Waals surface area contributed by atoms with E-state index in [2.05, 4.69) is 10.1 Å². The van der Waals surface area contributed by atoms with Gasteiger partial charge in [0.05, 0.1) is 31.0 Å². The lowest BCUT2D eigenvalue weighted by Gasteiger charge is -2.34. The summed E-state index contributed by atoms with van der Waals surface area (Å²) in [5, 5.41) is 3.86. The summed E-state index contributed by atoms with van der Waals surface area (Å²) in [6.07, 6.45) is 4.21. The molecule has 8 heteroatoms. The molecule has 2 unspecified atom stereocenters. The Balaban J connectivity index is 1.56. The number of likely N-dealkylation sites (tertiary alicyclic amines) is 1. The van der Waals surface area contributed by atoms with Crippen LogP contribution in [0.4, 0.5) is 0 Å². The number of hydrogen-bond donors (Lipinski definition) is 0. The highest BCUT2D eigenvalue weighted by Gasteiger charge is 2.68. The Morgan fingerprint density at radius 3 is 2.81 bits per heavy atom. The van der Waals surface area contributed by atoms with Crippen molar-refractivity contribution in [3.63, 3.8) is 0 Å². The molecule has 4 rings (SSSR count). The van der Waals surface area contributed by atoms with Crippen LogP contribution in [0.1, 0.15) is 39.4 Å². The van der Waals surface area contributed by atoms with Gasteiger partial charge in [-0.25, -0.2) is 0 Å². The zero-order valence-electron chi connectivity index (χ0n) is 16.4. The lowest BCUT2D eigenvalue weighted by Crippen LogP contribution is -2.47. The smallest absolute Gasteiger partial charge is 0.246 e. The number of nitrogens with zero attached hydrogens (tertiary/aromatic N) is 4. The summed E-state index contributed by atoms with van der Waals surface area (Å²) in [5.41, 5.74) is -0.999. The molecule has 146 valence electrons. The van der Waals surface area contributed by atoms with Crippen LogP contribution in [0.5, 0.6) is 0 Å². The lowest BCUT2D eigenvalue weighted by atomic mass is 9.76. The molecule has 1 aromatic rings. The summed E-state index contributed by atoms with van der Waals surface area (Å²) in [6, 6.07) is 0. The van der Waals surface area contributed by atoms with Crippen molar-refractivity contribution >= 4 is 11.8 Å². The highest BCUT2D eigenvalue weighted by atomic mass is 16.5. The highest BCUT2D eigenvalue weighted by molar-refractivity contribution is 5.93. The van der Waals surface area contributed by atoms with Gasteiger partial charge >= 0.3 is 0 Å². The molecule has 2 fully saturated rings. The summed E-state index contributed by atoms with van der Waals surface area (Å²) in [4.78, 5) is 34.0. The Morgan fingerprint density at radius 2 is 2.19 bits per heavy atom. The largest absolute Gasteiger partial charge is 0.360 e. The van der Waals surface area contributed by atoms with E-state index in [1.807, 2.05) is 44.7 Å².